The number of anilines is 1. The van der Waals surface area contributed by atoms with Crippen LogP contribution in [-0.2, 0) is 14.9 Å². The van der Waals surface area contributed by atoms with Gasteiger partial charge in [0.2, 0.25) is 0 Å². The Balaban J connectivity index is 1.77. The molecule has 1 aromatic carbocycles. The summed E-state index contributed by atoms with van der Waals surface area (Å²) in [6, 6.07) is 7.01. The Labute approximate surface area is 151 Å². The maximum atomic E-state index is 12.7. The molecular weight excluding hydrogens is 338 g/mol. The van der Waals surface area contributed by atoms with Gasteiger partial charge in [-0.3, -0.25) is 9.69 Å². The lowest BCUT2D eigenvalue weighted by Crippen LogP contribution is -2.53. The van der Waals surface area contributed by atoms with Gasteiger partial charge in [0.15, 0.2) is 0 Å². The lowest BCUT2D eigenvalue weighted by atomic mass is 9.84. The molecule has 1 N–H and O–H groups in total. The molecule has 140 valence electrons. The predicted octanol–water partition coefficient (Wildman–Crippen LogP) is 1.74. The smallest absolute Gasteiger partial charge is 0.407 e. The van der Waals surface area contributed by atoms with E-state index >= 15 is 0 Å². The predicted molar refractivity (Wildman–Crippen MR) is 94.3 cm³/mol. The number of hydrogen-bond donors (Lipinski definition) is 1. The molecule has 3 amide bonds. The first-order chi connectivity index (χ1) is 12.3. The van der Waals surface area contributed by atoms with Crippen LogP contribution in [0.1, 0.15) is 19.4 Å². The second-order valence-electron chi connectivity index (χ2n) is 7.13. The zero-order valence-corrected chi connectivity index (χ0v) is 15.1. The molecule has 0 bridgehead atoms. The summed E-state index contributed by atoms with van der Waals surface area (Å²) in [6.45, 7) is 5.08. The number of carbonyl (C=O) groups excluding carboxylic acids is 2. The highest BCUT2D eigenvalue weighted by atomic mass is 16.5. The molecule has 3 rings (SSSR count). The summed E-state index contributed by atoms with van der Waals surface area (Å²) in [7, 11) is 1.36. The standard InChI is InChI=1S/C18H23N3O5/c1-18(2,15(22)26-3)12-4-6-13(7-5-12)21-11-14-10-19(17(24)25)8-9-20(14)16(21)23/h4-7,14H,8-11H2,1-3H3,(H,24,25). The number of nitrogens with zero attached hydrogens (tertiary/aromatic N) is 3. The van der Waals surface area contributed by atoms with Crippen LogP contribution in [0.15, 0.2) is 24.3 Å². The van der Waals surface area contributed by atoms with E-state index in [1.807, 2.05) is 24.3 Å². The zero-order chi connectivity index (χ0) is 19.1. The van der Waals surface area contributed by atoms with Gasteiger partial charge in [0.25, 0.3) is 0 Å². The van der Waals surface area contributed by atoms with Crippen LogP contribution in [0.4, 0.5) is 15.3 Å². The molecule has 2 aliphatic heterocycles. The SMILES string of the molecule is COC(=O)C(C)(C)c1ccc(N2CC3CN(C(=O)O)CCN3C2=O)cc1. The van der Waals surface area contributed by atoms with Gasteiger partial charge >= 0.3 is 18.1 Å². The van der Waals surface area contributed by atoms with Crippen LogP contribution in [0.25, 0.3) is 0 Å². The minimum absolute atomic E-state index is 0.111. The van der Waals surface area contributed by atoms with Crippen LogP contribution < -0.4 is 4.90 Å². The Morgan fingerprint density at radius 3 is 2.38 bits per heavy atom. The summed E-state index contributed by atoms with van der Waals surface area (Å²) < 4.78 is 4.85. The highest BCUT2D eigenvalue weighted by Gasteiger charge is 2.42. The van der Waals surface area contributed by atoms with Crippen molar-refractivity contribution in [3.05, 3.63) is 29.8 Å². The monoisotopic (exact) mass is 361 g/mol. The van der Waals surface area contributed by atoms with Gasteiger partial charge in [-0.15, -0.1) is 0 Å². The van der Waals surface area contributed by atoms with Gasteiger partial charge in [0.05, 0.1) is 18.6 Å². The van der Waals surface area contributed by atoms with Crippen LogP contribution in [0.3, 0.4) is 0 Å². The Morgan fingerprint density at radius 2 is 1.81 bits per heavy atom. The molecule has 1 aromatic rings. The van der Waals surface area contributed by atoms with Crippen molar-refractivity contribution in [3.63, 3.8) is 0 Å². The summed E-state index contributed by atoms with van der Waals surface area (Å²) in [5.74, 6) is -0.326. The fourth-order valence-corrected chi connectivity index (χ4v) is 3.53. The Morgan fingerprint density at radius 1 is 1.15 bits per heavy atom. The average molecular weight is 361 g/mol. The van der Waals surface area contributed by atoms with E-state index in [1.165, 1.54) is 12.0 Å². The van der Waals surface area contributed by atoms with Gasteiger partial charge < -0.3 is 19.6 Å². The normalized spacial score (nSPS) is 20.2. The maximum Gasteiger partial charge on any atom is 0.407 e. The number of fused-ring (bicyclic) bond motifs is 1. The number of ether oxygens (including phenoxy) is 1. The van der Waals surface area contributed by atoms with Crippen molar-refractivity contribution >= 4 is 23.8 Å². The molecular formula is C18H23N3O5. The van der Waals surface area contributed by atoms with Crippen molar-refractivity contribution in [2.75, 3.05) is 38.2 Å². The summed E-state index contributed by atoms with van der Waals surface area (Å²) in [5.41, 5.74) is 0.757. The van der Waals surface area contributed by atoms with Crippen molar-refractivity contribution in [1.29, 1.82) is 0 Å². The van der Waals surface area contributed by atoms with Gasteiger partial charge in [-0.05, 0) is 31.5 Å². The third-order valence-electron chi connectivity index (χ3n) is 5.22. The number of urea groups is 1. The molecule has 2 heterocycles. The van der Waals surface area contributed by atoms with Crippen molar-refractivity contribution in [1.82, 2.24) is 9.80 Å². The fraction of sp³-hybridized carbons (Fsp3) is 0.500. The van der Waals surface area contributed by atoms with Crippen molar-refractivity contribution in [2.24, 2.45) is 0 Å². The number of methoxy groups -OCH3 is 1. The van der Waals surface area contributed by atoms with Crippen molar-refractivity contribution in [2.45, 2.75) is 25.3 Å². The highest BCUT2D eigenvalue weighted by Crippen LogP contribution is 2.30. The van der Waals surface area contributed by atoms with E-state index < -0.39 is 11.5 Å². The van der Waals surface area contributed by atoms with E-state index in [9.17, 15) is 14.4 Å². The molecule has 0 spiro atoms. The van der Waals surface area contributed by atoms with E-state index in [4.69, 9.17) is 9.84 Å². The first kappa shape index (κ1) is 18.0. The second-order valence-corrected chi connectivity index (χ2v) is 7.13. The molecule has 1 unspecified atom stereocenters. The summed E-state index contributed by atoms with van der Waals surface area (Å²) in [4.78, 5) is 40.5. The largest absolute Gasteiger partial charge is 0.468 e. The molecule has 1 atom stereocenters. The second kappa shape index (κ2) is 6.51. The highest BCUT2D eigenvalue weighted by molar-refractivity contribution is 5.95. The minimum Gasteiger partial charge on any atom is -0.468 e. The van der Waals surface area contributed by atoms with Gasteiger partial charge in [0.1, 0.15) is 0 Å². The zero-order valence-electron chi connectivity index (χ0n) is 15.1. The molecule has 2 saturated heterocycles. The lowest BCUT2D eigenvalue weighted by molar-refractivity contribution is -0.146. The van der Waals surface area contributed by atoms with Crippen LogP contribution in [0.5, 0.6) is 0 Å². The number of piperazine rings is 1. The van der Waals surface area contributed by atoms with Crippen molar-refractivity contribution in [3.8, 4) is 0 Å². The summed E-state index contributed by atoms with van der Waals surface area (Å²) in [6.07, 6.45) is -0.954. The molecule has 8 nitrogen and oxygen atoms in total. The summed E-state index contributed by atoms with van der Waals surface area (Å²) in [5, 5.41) is 9.15. The average Bonchev–Trinajstić information content (AvgIpc) is 2.97. The Kier molecular flexibility index (Phi) is 4.52. The first-order valence-corrected chi connectivity index (χ1v) is 8.50. The third-order valence-corrected chi connectivity index (χ3v) is 5.22. The maximum absolute atomic E-state index is 12.7. The van der Waals surface area contributed by atoms with E-state index in [2.05, 4.69) is 0 Å². The Bertz CT molecular complexity index is 731. The van der Waals surface area contributed by atoms with E-state index in [0.717, 1.165) is 11.3 Å². The number of carbonyl (C=O) groups is 3. The molecule has 2 fully saturated rings. The molecule has 0 aliphatic carbocycles. The number of carboxylic acid groups (broad SMARTS) is 1. The topological polar surface area (TPSA) is 90.4 Å². The van der Waals surface area contributed by atoms with Crippen LogP contribution in [0.2, 0.25) is 0 Å². The minimum atomic E-state index is -0.954. The van der Waals surface area contributed by atoms with E-state index in [-0.39, 0.29) is 18.0 Å². The fourth-order valence-electron chi connectivity index (χ4n) is 3.53. The van der Waals surface area contributed by atoms with E-state index in [0.29, 0.717) is 26.2 Å². The number of benzene rings is 1. The Hall–Kier alpha value is -2.77. The number of hydrogen-bond acceptors (Lipinski definition) is 4. The van der Waals surface area contributed by atoms with Crippen LogP contribution >= 0.6 is 0 Å². The van der Waals surface area contributed by atoms with Gasteiger partial charge in [-0.25, -0.2) is 9.59 Å². The molecule has 0 aromatic heterocycles. The molecule has 0 saturated carbocycles. The summed E-state index contributed by atoms with van der Waals surface area (Å²) >= 11 is 0. The van der Waals surface area contributed by atoms with Crippen molar-refractivity contribution < 1.29 is 24.2 Å². The first-order valence-electron chi connectivity index (χ1n) is 8.50. The van der Waals surface area contributed by atoms with Crippen LogP contribution in [0, 0.1) is 0 Å². The van der Waals surface area contributed by atoms with Crippen LogP contribution in [-0.4, -0.2) is 72.3 Å². The molecule has 26 heavy (non-hydrogen) atoms. The van der Waals surface area contributed by atoms with Gasteiger partial charge in [0, 0.05) is 31.9 Å². The quantitative estimate of drug-likeness (QED) is 0.828. The lowest BCUT2D eigenvalue weighted by Gasteiger charge is -2.34. The number of amides is 3. The number of rotatable bonds is 3. The molecule has 8 heteroatoms. The van der Waals surface area contributed by atoms with Gasteiger partial charge in [-0.1, -0.05) is 12.1 Å². The van der Waals surface area contributed by atoms with Gasteiger partial charge in [-0.2, -0.15) is 0 Å². The molecule has 2 aliphatic rings. The number of esters is 1. The van der Waals surface area contributed by atoms with E-state index in [1.54, 1.807) is 23.6 Å². The molecule has 0 radical (unpaired) electrons. The third kappa shape index (κ3) is 2.95.